The van der Waals surface area contributed by atoms with Crippen LogP contribution in [0.15, 0.2) is 24.3 Å². The zero-order chi connectivity index (χ0) is 13.0. The molecule has 0 bridgehead atoms. The second-order valence-electron chi connectivity index (χ2n) is 4.59. The third-order valence-corrected chi connectivity index (χ3v) is 3.18. The first-order chi connectivity index (χ1) is 8.69. The van der Waals surface area contributed by atoms with Gasteiger partial charge in [0.2, 0.25) is 0 Å². The molecule has 0 saturated carbocycles. The van der Waals surface area contributed by atoms with Crippen molar-refractivity contribution in [1.82, 2.24) is 4.90 Å². The third kappa shape index (κ3) is 3.23. The largest absolute Gasteiger partial charge is 0.484 e. The summed E-state index contributed by atoms with van der Waals surface area (Å²) in [5.41, 5.74) is 1.13. The van der Waals surface area contributed by atoms with E-state index < -0.39 is 0 Å². The number of hydrogen-bond donors (Lipinski definition) is 0. The molecule has 0 radical (unpaired) electrons. The molecular formula is C14H19NO3. The van der Waals surface area contributed by atoms with Gasteiger partial charge in [-0.05, 0) is 31.0 Å². The Morgan fingerprint density at radius 3 is 3.00 bits per heavy atom. The average Bonchev–Trinajstić information content (AvgIpc) is 2.85. The van der Waals surface area contributed by atoms with Gasteiger partial charge in [0, 0.05) is 20.2 Å². The highest BCUT2D eigenvalue weighted by molar-refractivity contribution is 5.78. The molecule has 1 saturated heterocycles. The van der Waals surface area contributed by atoms with E-state index in [-0.39, 0.29) is 18.6 Å². The summed E-state index contributed by atoms with van der Waals surface area (Å²) >= 11 is 0. The van der Waals surface area contributed by atoms with Crippen LogP contribution < -0.4 is 4.74 Å². The number of carbonyl (C=O) groups is 1. The number of aryl methyl sites for hydroxylation is 1. The van der Waals surface area contributed by atoms with Crippen molar-refractivity contribution in [3.8, 4) is 5.75 Å². The molecular weight excluding hydrogens is 230 g/mol. The molecule has 18 heavy (non-hydrogen) atoms. The number of nitrogens with zero attached hydrogens (tertiary/aromatic N) is 1. The number of methoxy groups -OCH3 is 1. The monoisotopic (exact) mass is 249 g/mol. The summed E-state index contributed by atoms with van der Waals surface area (Å²) in [7, 11) is 1.68. The van der Waals surface area contributed by atoms with Crippen LogP contribution in [0.5, 0.6) is 5.75 Å². The summed E-state index contributed by atoms with van der Waals surface area (Å²) in [6.45, 7) is 3.53. The molecule has 1 unspecified atom stereocenters. The van der Waals surface area contributed by atoms with Crippen LogP contribution in [-0.2, 0) is 9.53 Å². The molecule has 1 aromatic carbocycles. The lowest BCUT2D eigenvalue weighted by Gasteiger charge is -2.16. The predicted octanol–water partition coefficient (Wildman–Crippen LogP) is 1.62. The van der Waals surface area contributed by atoms with E-state index in [1.54, 1.807) is 12.0 Å². The zero-order valence-corrected chi connectivity index (χ0v) is 10.9. The van der Waals surface area contributed by atoms with Crippen LogP contribution in [-0.4, -0.2) is 43.7 Å². The molecule has 1 aliphatic heterocycles. The van der Waals surface area contributed by atoms with Crippen molar-refractivity contribution in [1.29, 1.82) is 0 Å². The molecule has 1 atom stereocenters. The standard InChI is InChI=1S/C14H19NO3/c1-11-4-3-5-12(8-11)18-10-14(16)15-7-6-13(9-15)17-2/h3-5,8,13H,6-7,9-10H2,1-2H3. The lowest BCUT2D eigenvalue weighted by atomic mass is 10.2. The van der Waals surface area contributed by atoms with Crippen molar-refractivity contribution in [2.24, 2.45) is 0 Å². The minimum absolute atomic E-state index is 0.0241. The van der Waals surface area contributed by atoms with Gasteiger partial charge in [0.05, 0.1) is 6.10 Å². The lowest BCUT2D eigenvalue weighted by molar-refractivity contribution is -0.132. The van der Waals surface area contributed by atoms with Gasteiger partial charge in [-0.1, -0.05) is 12.1 Å². The van der Waals surface area contributed by atoms with E-state index >= 15 is 0 Å². The second-order valence-corrected chi connectivity index (χ2v) is 4.59. The Bertz CT molecular complexity index is 419. The van der Waals surface area contributed by atoms with Crippen LogP contribution in [0.3, 0.4) is 0 Å². The molecule has 1 fully saturated rings. The van der Waals surface area contributed by atoms with Crippen molar-refractivity contribution < 1.29 is 14.3 Å². The van der Waals surface area contributed by atoms with E-state index in [1.165, 1.54) is 0 Å². The van der Waals surface area contributed by atoms with E-state index in [0.717, 1.165) is 24.3 Å². The highest BCUT2D eigenvalue weighted by Gasteiger charge is 2.25. The van der Waals surface area contributed by atoms with Crippen molar-refractivity contribution >= 4 is 5.91 Å². The number of hydrogen-bond acceptors (Lipinski definition) is 3. The maximum absolute atomic E-state index is 11.9. The quantitative estimate of drug-likeness (QED) is 0.814. The Balaban J connectivity index is 1.82. The van der Waals surface area contributed by atoms with Gasteiger partial charge in [-0.3, -0.25) is 4.79 Å². The van der Waals surface area contributed by atoms with E-state index in [9.17, 15) is 4.79 Å². The first kappa shape index (κ1) is 12.9. The van der Waals surface area contributed by atoms with Gasteiger partial charge in [0.15, 0.2) is 6.61 Å². The van der Waals surface area contributed by atoms with Crippen LogP contribution in [0.2, 0.25) is 0 Å². The van der Waals surface area contributed by atoms with Gasteiger partial charge in [-0.15, -0.1) is 0 Å². The normalized spacial score (nSPS) is 19.0. The molecule has 98 valence electrons. The number of likely N-dealkylation sites (tertiary alicyclic amines) is 1. The summed E-state index contributed by atoms with van der Waals surface area (Å²) < 4.78 is 10.7. The number of benzene rings is 1. The fourth-order valence-corrected chi connectivity index (χ4v) is 2.09. The Morgan fingerprint density at radius 2 is 2.33 bits per heavy atom. The molecule has 1 heterocycles. The average molecular weight is 249 g/mol. The summed E-state index contributed by atoms with van der Waals surface area (Å²) in [6, 6.07) is 7.71. The van der Waals surface area contributed by atoms with Gasteiger partial charge >= 0.3 is 0 Å². The lowest BCUT2D eigenvalue weighted by Crippen LogP contribution is -2.33. The molecule has 0 N–H and O–H groups in total. The van der Waals surface area contributed by atoms with E-state index in [2.05, 4.69) is 0 Å². The van der Waals surface area contributed by atoms with Crippen molar-refractivity contribution in [2.75, 3.05) is 26.8 Å². The smallest absolute Gasteiger partial charge is 0.260 e. The molecule has 2 rings (SSSR count). The Morgan fingerprint density at radius 1 is 1.50 bits per heavy atom. The van der Waals surface area contributed by atoms with Crippen LogP contribution >= 0.6 is 0 Å². The molecule has 0 aromatic heterocycles. The van der Waals surface area contributed by atoms with Crippen LogP contribution in [0.25, 0.3) is 0 Å². The molecule has 1 amide bonds. The van der Waals surface area contributed by atoms with Gasteiger partial charge < -0.3 is 14.4 Å². The number of carbonyl (C=O) groups excluding carboxylic acids is 1. The van der Waals surface area contributed by atoms with E-state index in [1.807, 2.05) is 31.2 Å². The van der Waals surface area contributed by atoms with Crippen LogP contribution in [0.1, 0.15) is 12.0 Å². The fraction of sp³-hybridized carbons (Fsp3) is 0.500. The van der Waals surface area contributed by atoms with Gasteiger partial charge in [0.1, 0.15) is 5.75 Å². The summed E-state index contributed by atoms with van der Waals surface area (Å²) in [6.07, 6.45) is 1.08. The highest BCUT2D eigenvalue weighted by Crippen LogP contribution is 2.14. The van der Waals surface area contributed by atoms with Crippen molar-refractivity contribution in [3.05, 3.63) is 29.8 Å². The molecule has 0 aliphatic carbocycles. The third-order valence-electron chi connectivity index (χ3n) is 3.18. The summed E-state index contributed by atoms with van der Waals surface area (Å²) in [4.78, 5) is 13.7. The highest BCUT2D eigenvalue weighted by atomic mass is 16.5. The van der Waals surface area contributed by atoms with E-state index in [4.69, 9.17) is 9.47 Å². The molecule has 1 aromatic rings. The number of amides is 1. The first-order valence-corrected chi connectivity index (χ1v) is 6.19. The Labute approximate surface area is 107 Å². The van der Waals surface area contributed by atoms with Crippen LogP contribution in [0, 0.1) is 6.92 Å². The first-order valence-electron chi connectivity index (χ1n) is 6.19. The molecule has 4 heteroatoms. The Kier molecular flexibility index (Phi) is 4.20. The minimum atomic E-state index is 0.0241. The van der Waals surface area contributed by atoms with Crippen LogP contribution in [0.4, 0.5) is 0 Å². The SMILES string of the molecule is COC1CCN(C(=O)COc2cccc(C)c2)C1. The number of ether oxygens (including phenoxy) is 2. The molecule has 0 spiro atoms. The van der Waals surface area contributed by atoms with Crippen molar-refractivity contribution in [2.45, 2.75) is 19.4 Å². The maximum atomic E-state index is 11.9. The minimum Gasteiger partial charge on any atom is -0.484 e. The molecule has 4 nitrogen and oxygen atoms in total. The Hall–Kier alpha value is -1.55. The number of rotatable bonds is 4. The fourth-order valence-electron chi connectivity index (χ4n) is 2.09. The second kappa shape index (κ2) is 5.87. The van der Waals surface area contributed by atoms with Gasteiger partial charge in [0.25, 0.3) is 5.91 Å². The van der Waals surface area contributed by atoms with E-state index in [0.29, 0.717) is 6.54 Å². The summed E-state index contributed by atoms with van der Waals surface area (Å²) in [5, 5.41) is 0. The maximum Gasteiger partial charge on any atom is 0.260 e. The zero-order valence-electron chi connectivity index (χ0n) is 10.9. The topological polar surface area (TPSA) is 38.8 Å². The van der Waals surface area contributed by atoms with Gasteiger partial charge in [-0.2, -0.15) is 0 Å². The van der Waals surface area contributed by atoms with Gasteiger partial charge in [-0.25, -0.2) is 0 Å². The summed E-state index contributed by atoms with van der Waals surface area (Å²) in [5.74, 6) is 0.766. The van der Waals surface area contributed by atoms with Crippen molar-refractivity contribution in [3.63, 3.8) is 0 Å². The molecule has 1 aliphatic rings. The predicted molar refractivity (Wildman–Crippen MR) is 68.7 cm³/mol.